The van der Waals surface area contributed by atoms with Crippen LogP contribution >= 0.6 is 0 Å². The summed E-state index contributed by atoms with van der Waals surface area (Å²) in [6.45, 7) is 6.29. The van der Waals surface area contributed by atoms with Gasteiger partial charge < -0.3 is 9.80 Å². The van der Waals surface area contributed by atoms with Crippen molar-refractivity contribution in [3.8, 4) is 6.07 Å². The first-order chi connectivity index (χ1) is 12.5. The van der Waals surface area contributed by atoms with Gasteiger partial charge in [0.05, 0.1) is 17.4 Å². The second-order valence-electron chi connectivity index (χ2n) is 7.09. The van der Waals surface area contributed by atoms with Crippen LogP contribution in [0.15, 0.2) is 18.2 Å². The molecule has 2 amide bonds. The smallest absolute Gasteiger partial charge is 0.254 e. The van der Waals surface area contributed by atoms with E-state index in [0.717, 1.165) is 11.8 Å². The summed E-state index contributed by atoms with van der Waals surface area (Å²) in [4.78, 5) is 28.8. The van der Waals surface area contributed by atoms with Crippen LogP contribution in [0.4, 0.5) is 0 Å². The van der Waals surface area contributed by atoms with Crippen LogP contribution < -0.4 is 0 Å². The van der Waals surface area contributed by atoms with E-state index in [4.69, 9.17) is 5.26 Å². The first-order valence-corrected chi connectivity index (χ1v) is 10.9. The first kappa shape index (κ1) is 20.9. The molecule has 1 aliphatic heterocycles. The van der Waals surface area contributed by atoms with Gasteiger partial charge >= 0.3 is 0 Å². The lowest BCUT2D eigenvalue weighted by molar-refractivity contribution is -0.136. The fraction of sp³-hybridized carbons (Fsp3) is 0.526. The maximum Gasteiger partial charge on any atom is 0.254 e. The van der Waals surface area contributed by atoms with Gasteiger partial charge in [0.2, 0.25) is 5.91 Å². The molecule has 0 unspecified atom stereocenters. The van der Waals surface area contributed by atoms with Crippen LogP contribution in [0.3, 0.4) is 0 Å². The maximum atomic E-state index is 13.0. The average Bonchev–Trinajstić information content (AvgIpc) is 2.61. The summed E-state index contributed by atoms with van der Waals surface area (Å²) in [6.07, 6.45) is 1.06. The predicted octanol–water partition coefficient (Wildman–Crippen LogP) is 1.36. The number of nitrogens with zero attached hydrogens (tertiary/aromatic N) is 3. The Kier molecular flexibility index (Phi) is 6.26. The molecule has 0 aliphatic carbocycles. The molecule has 1 aromatic carbocycles. The number of rotatable bonds is 4. The van der Waals surface area contributed by atoms with Gasteiger partial charge in [-0.15, -0.1) is 0 Å². The maximum absolute atomic E-state index is 13.0. The number of hydrogen-bond acceptors (Lipinski definition) is 5. The minimum Gasteiger partial charge on any atom is -0.336 e. The number of carbonyl (C=O) groups excluding carboxylic acids is 2. The van der Waals surface area contributed by atoms with E-state index in [9.17, 15) is 18.0 Å². The van der Waals surface area contributed by atoms with Crippen molar-refractivity contribution in [1.82, 2.24) is 9.80 Å². The van der Waals surface area contributed by atoms with Gasteiger partial charge in [0.25, 0.3) is 5.91 Å². The lowest BCUT2D eigenvalue weighted by Gasteiger charge is -2.45. The van der Waals surface area contributed by atoms with Crippen LogP contribution in [0.1, 0.15) is 41.8 Å². The van der Waals surface area contributed by atoms with Crippen LogP contribution in [0.5, 0.6) is 0 Å². The fourth-order valence-corrected chi connectivity index (χ4v) is 3.82. The summed E-state index contributed by atoms with van der Waals surface area (Å²) >= 11 is 0. The molecule has 0 radical (unpaired) electrons. The third-order valence-corrected chi connectivity index (χ3v) is 6.07. The Morgan fingerprint density at radius 2 is 1.78 bits per heavy atom. The molecule has 0 spiro atoms. The molecule has 27 heavy (non-hydrogen) atoms. The molecule has 1 heterocycles. The molecule has 146 valence electrons. The van der Waals surface area contributed by atoms with Crippen molar-refractivity contribution < 1.29 is 18.0 Å². The zero-order chi connectivity index (χ0) is 20.4. The zero-order valence-electron chi connectivity index (χ0n) is 16.1. The van der Waals surface area contributed by atoms with E-state index in [1.807, 2.05) is 26.8 Å². The molecular formula is C19H25N3O4S. The number of amides is 2. The van der Waals surface area contributed by atoms with E-state index in [2.05, 4.69) is 0 Å². The fourth-order valence-electron chi connectivity index (χ4n) is 3.27. The van der Waals surface area contributed by atoms with E-state index >= 15 is 0 Å². The Balaban J connectivity index is 2.14. The number of piperazine rings is 1. The van der Waals surface area contributed by atoms with Crippen molar-refractivity contribution in [3.63, 3.8) is 0 Å². The molecule has 0 bridgehead atoms. The van der Waals surface area contributed by atoms with Gasteiger partial charge in [-0.05, 0) is 38.5 Å². The Hall–Kier alpha value is -2.40. The van der Waals surface area contributed by atoms with E-state index in [0.29, 0.717) is 24.2 Å². The highest BCUT2D eigenvalue weighted by molar-refractivity contribution is 7.90. The zero-order valence-corrected chi connectivity index (χ0v) is 16.9. The third-order valence-electron chi connectivity index (χ3n) is 5.13. The number of benzene rings is 1. The van der Waals surface area contributed by atoms with Crippen LogP contribution in [-0.4, -0.2) is 67.2 Å². The van der Waals surface area contributed by atoms with Gasteiger partial charge in [-0.1, -0.05) is 6.07 Å². The number of nitriles is 1. The van der Waals surface area contributed by atoms with Crippen LogP contribution in [0.25, 0.3) is 0 Å². The Morgan fingerprint density at radius 1 is 1.19 bits per heavy atom. The molecule has 2 rings (SSSR count). The molecule has 0 aromatic heterocycles. The third kappa shape index (κ3) is 4.86. The molecule has 1 fully saturated rings. The van der Waals surface area contributed by atoms with Crippen molar-refractivity contribution in [2.45, 2.75) is 39.3 Å². The quantitative estimate of drug-likeness (QED) is 0.772. The Bertz CT molecular complexity index is 889. The molecular weight excluding hydrogens is 366 g/mol. The van der Waals surface area contributed by atoms with Crippen LogP contribution in [0.2, 0.25) is 0 Å². The summed E-state index contributed by atoms with van der Waals surface area (Å²) in [7, 11) is -3.20. The highest BCUT2D eigenvalue weighted by Crippen LogP contribution is 2.22. The van der Waals surface area contributed by atoms with E-state index in [-0.39, 0.29) is 36.1 Å². The van der Waals surface area contributed by atoms with Gasteiger partial charge in [0.1, 0.15) is 9.84 Å². The van der Waals surface area contributed by atoms with Crippen LogP contribution in [-0.2, 0) is 14.6 Å². The summed E-state index contributed by atoms with van der Waals surface area (Å²) < 4.78 is 22.6. The normalized spacial score (nSPS) is 20.3. The predicted molar refractivity (Wildman–Crippen MR) is 102 cm³/mol. The average molecular weight is 391 g/mol. The summed E-state index contributed by atoms with van der Waals surface area (Å²) in [5.41, 5.74) is 1.72. The molecule has 8 heteroatoms. The molecule has 0 saturated carbocycles. The standard InChI is InChI=1S/C19H25N3O4S/c1-13-5-6-16(12-20)11-17(13)19(24)22-9-8-21(14(2)15(22)3)18(23)7-10-27(4,25)26/h5-6,11,14-15H,7-10H2,1-4H3/t14-,15+/m1/s1. The number of sulfone groups is 1. The highest BCUT2D eigenvalue weighted by Gasteiger charge is 2.36. The van der Waals surface area contributed by atoms with Crippen molar-refractivity contribution in [3.05, 3.63) is 34.9 Å². The summed E-state index contributed by atoms with van der Waals surface area (Å²) in [5, 5.41) is 9.08. The van der Waals surface area contributed by atoms with Crippen LogP contribution in [0, 0.1) is 18.3 Å². The molecule has 1 saturated heterocycles. The monoisotopic (exact) mass is 391 g/mol. The molecule has 0 N–H and O–H groups in total. The largest absolute Gasteiger partial charge is 0.336 e. The number of carbonyl (C=O) groups is 2. The lowest BCUT2D eigenvalue weighted by Crippen LogP contribution is -2.60. The summed E-state index contributed by atoms with van der Waals surface area (Å²) in [5.74, 6) is -0.548. The van der Waals surface area contributed by atoms with Crippen molar-refractivity contribution >= 4 is 21.7 Å². The van der Waals surface area contributed by atoms with Gasteiger partial charge in [0, 0.05) is 43.4 Å². The minimum absolute atomic E-state index is 0.0484. The second kappa shape index (κ2) is 8.09. The number of hydrogen-bond donors (Lipinski definition) is 0. The van der Waals surface area contributed by atoms with Crippen molar-refractivity contribution in [2.75, 3.05) is 25.1 Å². The van der Waals surface area contributed by atoms with Crippen molar-refractivity contribution in [2.24, 2.45) is 0 Å². The first-order valence-electron chi connectivity index (χ1n) is 8.84. The lowest BCUT2D eigenvalue weighted by atomic mass is 9.99. The molecule has 2 atom stereocenters. The Labute approximate surface area is 160 Å². The summed E-state index contributed by atoms with van der Waals surface area (Å²) in [6, 6.07) is 6.62. The number of aryl methyl sites for hydroxylation is 1. The molecule has 1 aliphatic rings. The topological polar surface area (TPSA) is 98.5 Å². The van der Waals surface area contributed by atoms with Gasteiger partial charge in [-0.3, -0.25) is 9.59 Å². The van der Waals surface area contributed by atoms with E-state index < -0.39 is 9.84 Å². The van der Waals surface area contributed by atoms with Gasteiger partial charge in [-0.2, -0.15) is 5.26 Å². The minimum atomic E-state index is -3.20. The van der Waals surface area contributed by atoms with Crippen molar-refractivity contribution in [1.29, 1.82) is 5.26 Å². The molecule has 7 nitrogen and oxygen atoms in total. The van der Waals surface area contributed by atoms with Gasteiger partial charge in [-0.25, -0.2) is 8.42 Å². The molecule has 1 aromatic rings. The second-order valence-corrected chi connectivity index (χ2v) is 9.35. The van der Waals surface area contributed by atoms with E-state index in [1.54, 1.807) is 28.0 Å². The SMILES string of the molecule is Cc1ccc(C#N)cc1C(=O)N1CCN(C(=O)CCS(C)(=O)=O)[C@H](C)[C@@H]1C. The Morgan fingerprint density at radius 3 is 2.37 bits per heavy atom. The van der Waals surface area contributed by atoms with Gasteiger partial charge in [0.15, 0.2) is 0 Å². The highest BCUT2D eigenvalue weighted by atomic mass is 32.2. The van der Waals surface area contributed by atoms with E-state index in [1.165, 1.54) is 0 Å².